The zero-order valence-electron chi connectivity index (χ0n) is 25.0. The first-order valence-electron chi connectivity index (χ1n) is 14.9. The van der Waals surface area contributed by atoms with E-state index in [9.17, 15) is 0 Å². The van der Waals surface area contributed by atoms with Gasteiger partial charge >= 0.3 is 0 Å². The third-order valence-corrected chi connectivity index (χ3v) is 12.6. The molecule has 1 aromatic heterocycles. The highest BCUT2D eigenvalue weighted by molar-refractivity contribution is 7.01. The Morgan fingerprint density at radius 3 is 2.28 bits per heavy atom. The summed E-state index contributed by atoms with van der Waals surface area (Å²) >= 11 is 0. The first-order valence-corrected chi connectivity index (χ1v) is 16.4. The first-order chi connectivity index (χ1) is 18.5. The van der Waals surface area contributed by atoms with E-state index >= 15 is 0 Å². The lowest BCUT2D eigenvalue weighted by Crippen LogP contribution is -2.63. The number of aromatic nitrogens is 1. The van der Waals surface area contributed by atoms with E-state index in [1.165, 1.54) is 41.1 Å². The van der Waals surface area contributed by atoms with E-state index in [4.69, 9.17) is 4.11 Å². The largest absolute Gasteiger partial charge is 0.213 e. The number of aryl methyl sites for hydroxylation is 3. The molecule has 0 atom stereocenters. The summed E-state index contributed by atoms with van der Waals surface area (Å²) < 4.78 is 27.3. The van der Waals surface area contributed by atoms with Crippen LogP contribution in [-0.2, 0) is 12.5 Å². The van der Waals surface area contributed by atoms with Gasteiger partial charge in [-0.1, -0.05) is 103 Å². The van der Waals surface area contributed by atoms with E-state index in [2.05, 4.69) is 86.7 Å². The molecule has 0 unspecified atom stereocenters. The van der Waals surface area contributed by atoms with E-state index in [0.29, 0.717) is 5.56 Å². The summed E-state index contributed by atoms with van der Waals surface area (Å²) in [5, 5.41) is 3.09. The third kappa shape index (κ3) is 3.45. The first kappa shape index (κ1) is 20.1. The van der Waals surface area contributed by atoms with Gasteiger partial charge in [0, 0.05) is 26.7 Å². The Morgan fingerprint density at radius 2 is 1.50 bits per heavy atom. The minimum atomic E-state index is -2.21. The molecule has 0 radical (unpaired) electrons. The summed E-state index contributed by atoms with van der Waals surface area (Å²) in [5.74, 6) is 0. The molecular weight excluding hydrogens is 450 g/mol. The highest BCUT2D eigenvalue weighted by Gasteiger charge is 2.47. The molecule has 2 heteroatoms. The van der Waals surface area contributed by atoms with Gasteiger partial charge < -0.3 is 0 Å². The minimum absolute atomic E-state index is 0.0150. The topological polar surface area (TPSA) is 3.88 Å². The molecule has 0 amide bonds. The molecule has 2 heterocycles. The zero-order valence-corrected chi connectivity index (χ0v) is 23.0. The van der Waals surface area contributed by atoms with Crippen LogP contribution in [-0.4, -0.2) is 8.07 Å². The Kier molecular flexibility index (Phi) is 4.78. The van der Waals surface area contributed by atoms with Crippen molar-refractivity contribution in [2.24, 2.45) is 7.05 Å². The van der Waals surface area contributed by atoms with Gasteiger partial charge in [0.2, 0.25) is 5.69 Å². The van der Waals surface area contributed by atoms with Crippen LogP contribution in [0.5, 0.6) is 0 Å². The van der Waals surface area contributed by atoms with Gasteiger partial charge in [-0.2, -0.15) is 0 Å². The van der Waals surface area contributed by atoms with Gasteiger partial charge in [0.15, 0.2) is 6.20 Å². The number of nitrogens with zero attached hydrogens (tertiary/aromatic N) is 1. The molecule has 4 aromatic rings. The van der Waals surface area contributed by atoms with Crippen LogP contribution in [0.3, 0.4) is 0 Å². The molecule has 2 aliphatic rings. The molecule has 1 fully saturated rings. The lowest BCUT2D eigenvalue weighted by atomic mass is 9.64. The number of hydrogen-bond acceptors (Lipinski definition) is 0. The van der Waals surface area contributed by atoms with Crippen LogP contribution >= 0.6 is 0 Å². The second-order valence-electron chi connectivity index (χ2n) is 11.5. The summed E-state index contributed by atoms with van der Waals surface area (Å²) in [6.07, 6.45) is 7.91. The molecule has 1 saturated carbocycles. The fourth-order valence-corrected chi connectivity index (χ4v) is 10.4. The number of hydrogen-bond donors (Lipinski definition) is 0. The fourth-order valence-electron chi connectivity index (χ4n) is 7.10. The number of pyridine rings is 1. The van der Waals surface area contributed by atoms with E-state index < -0.39 is 14.9 Å². The van der Waals surface area contributed by atoms with Crippen LogP contribution in [0.4, 0.5) is 0 Å². The maximum atomic E-state index is 8.44. The Morgan fingerprint density at radius 1 is 0.778 bits per heavy atom. The van der Waals surface area contributed by atoms with Crippen molar-refractivity contribution in [3.05, 3.63) is 101 Å². The van der Waals surface area contributed by atoms with Crippen molar-refractivity contribution >= 4 is 18.4 Å². The van der Waals surface area contributed by atoms with E-state index in [1.807, 2.05) is 23.9 Å². The molecular formula is C34H38NSi+. The summed E-state index contributed by atoms with van der Waals surface area (Å²) in [4.78, 5) is 0. The normalized spacial score (nSPS) is 19.1. The molecule has 182 valence electrons. The standard InChI is InChI=1S/C34H38NSi/c1-24-13-7-8-14-27(24)31-22-28(25(2)23-35(31)3)26-17-18-33-30(21-26)34(19-11-6-12-20-34)29-15-9-10-16-32(29)36(33,4)5/h7-10,13-18,21-23H,6,11-12,19-20H2,1-5H3/q+1/i2D3. The molecule has 6 rings (SSSR count). The molecule has 1 nitrogen and oxygen atoms in total. The Bertz CT molecular complexity index is 1580. The highest BCUT2D eigenvalue weighted by atomic mass is 28.3. The quantitative estimate of drug-likeness (QED) is 0.213. The van der Waals surface area contributed by atoms with Crippen molar-refractivity contribution in [2.45, 2.75) is 64.4 Å². The van der Waals surface area contributed by atoms with E-state index in [1.54, 1.807) is 5.19 Å². The van der Waals surface area contributed by atoms with Crippen LogP contribution in [0.25, 0.3) is 22.4 Å². The summed E-state index contributed by atoms with van der Waals surface area (Å²) in [6.45, 7) is 4.86. The van der Waals surface area contributed by atoms with Gasteiger partial charge in [-0.05, 0) is 60.5 Å². The molecule has 0 bridgehead atoms. The van der Waals surface area contributed by atoms with Crippen molar-refractivity contribution < 1.29 is 8.68 Å². The highest BCUT2D eigenvalue weighted by Crippen LogP contribution is 2.47. The van der Waals surface area contributed by atoms with Crippen molar-refractivity contribution in [2.75, 3.05) is 0 Å². The lowest BCUT2D eigenvalue weighted by Gasteiger charge is -2.48. The van der Waals surface area contributed by atoms with Gasteiger partial charge in [-0.25, -0.2) is 4.57 Å². The van der Waals surface area contributed by atoms with Gasteiger partial charge in [0.1, 0.15) is 15.1 Å². The maximum absolute atomic E-state index is 8.44. The molecule has 0 N–H and O–H groups in total. The molecule has 1 spiro atoms. The van der Waals surface area contributed by atoms with Crippen molar-refractivity contribution in [3.8, 4) is 22.4 Å². The maximum Gasteiger partial charge on any atom is 0.213 e. The SMILES string of the molecule is [2H]C([2H])([2H])c1c[n+](C)c(-c2ccccc2C)cc1-c1ccc2c(c1)C1(CCCCC1)c1ccccc1[Si]2(C)C. The zero-order chi connectivity index (χ0) is 27.6. The van der Waals surface area contributed by atoms with Crippen molar-refractivity contribution in [3.63, 3.8) is 0 Å². The monoisotopic (exact) mass is 491 g/mol. The molecule has 1 aliphatic heterocycles. The summed E-state index contributed by atoms with van der Waals surface area (Å²) in [5.41, 5.74) is 8.58. The molecule has 1 aliphatic carbocycles. The predicted molar refractivity (Wildman–Crippen MR) is 155 cm³/mol. The number of rotatable bonds is 2. The van der Waals surface area contributed by atoms with Gasteiger partial charge in [0.05, 0.1) is 0 Å². The van der Waals surface area contributed by atoms with Crippen LogP contribution in [0, 0.1) is 13.8 Å². The number of benzene rings is 3. The fraction of sp³-hybridized carbons (Fsp3) is 0.324. The van der Waals surface area contributed by atoms with E-state index in [0.717, 1.165) is 35.2 Å². The second-order valence-corrected chi connectivity index (χ2v) is 15.8. The molecule has 36 heavy (non-hydrogen) atoms. The van der Waals surface area contributed by atoms with Crippen LogP contribution in [0.2, 0.25) is 13.1 Å². The van der Waals surface area contributed by atoms with Gasteiger partial charge in [-0.15, -0.1) is 0 Å². The van der Waals surface area contributed by atoms with Crippen molar-refractivity contribution in [1.82, 2.24) is 0 Å². The Labute approximate surface area is 222 Å². The summed E-state index contributed by atoms with van der Waals surface area (Å²) in [7, 11) is 0.0430. The number of fused-ring (bicyclic) bond motifs is 4. The van der Waals surface area contributed by atoms with Gasteiger partial charge in [-0.3, -0.25) is 0 Å². The average molecular weight is 492 g/mol. The second kappa shape index (κ2) is 8.56. The summed E-state index contributed by atoms with van der Waals surface area (Å²) in [6, 6.07) is 26.6. The lowest BCUT2D eigenvalue weighted by molar-refractivity contribution is -0.660. The van der Waals surface area contributed by atoms with Crippen LogP contribution < -0.4 is 14.9 Å². The van der Waals surface area contributed by atoms with Gasteiger partial charge in [0.25, 0.3) is 0 Å². The third-order valence-electron chi connectivity index (χ3n) is 9.04. The molecule has 3 aromatic carbocycles. The Hall–Kier alpha value is -2.97. The predicted octanol–water partition coefficient (Wildman–Crippen LogP) is 6.85. The minimum Gasteiger partial charge on any atom is -0.201 e. The smallest absolute Gasteiger partial charge is 0.201 e. The molecule has 0 saturated heterocycles. The van der Waals surface area contributed by atoms with E-state index in [-0.39, 0.29) is 5.41 Å². The Balaban J connectivity index is 1.63. The van der Waals surface area contributed by atoms with Crippen LogP contribution in [0.1, 0.15) is 58.5 Å². The average Bonchev–Trinajstić information content (AvgIpc) is 2.92. The van der Waals surface area contributed by atoms with Crippen molar-refractivity contribution in [1.29, 1.82) is 0 Å². The van der Waals surface area contributed by atoms with Crippen LogP contribution in [0.15, 0.2) is 79.0 Å².